The van der Waals surface area contributed by atoms with Crippen LogP contribution in [0.15, 0.2) is 53.1 Å². The van der Waals surface area contributed by atoms with E-state index in [-0.39, 0.29) is 12.4 Å². The molecule has 3 rings (SSSR count). The first-order valence-electron chi connectivity index (χ1n) is 9.01. The van der Waals surface area contributed by atoms with Crippen LogP contribution >= 0.6 is 15.2 Å². The van der Waals surface area contributed by atoms with Crippen LogP contribution in [-0.2, 0) is 15.6 Å². The molecule has 11 nitrogen and oxygen atoms in total. The van der Waals surface area contributed by atoms with Gasteiger partial charge in [0.2, 0.25) is 11.4 Å². The fourth-order valence-electron chi connectivity index (χ4n) is 2.68. The maximum atomic E-state index is 11.3. The molecule has 166 valence electrons. The van der Waals surface area contributed by atoms with Gasteiger partial charge in [-0.05, 0) is 31.2 Å². The van der Waals surface area contributed by atoms with Gasteiger partial charge in [-0.2, -0.15) is 0 Å². The average molecular weight is 469 g/mol. The molecule has 3 aromatic rings. The van der Waals surface area contributed by atoms with Crippen LogP contribution in [0, 0.1) is 6.92 Å². The lowest BCUT2D eigenvalue weighted by Crippen LogP contribution is -2.20. The normalized spacial score (nSPS) is 12.2. The van der Waals surface area contributed by atoms with Gasteiger partial charge < -0.3 is 34.0 Å². The second kappa shape index (κ2) is 9.32. The van der Waals surface area contributed by atoms with E-state index in [1.807, 2.05) is 37.3 Å². The number of oxazole rings is 1. The zero-order valence-electron chi connectivity index (χ0n) is 16.3. The van der Waals surface area contributed by atoms with Gasteiger partial charge in [-0.1, -0.05) is 18.2 Å². The van der Waals surface area contributed by atoms with E-state index in [9.17, 15) is 9.13 Å². The number of hydrogen-bond donors (Lipinski definition) is 5. The van der Waals surface area contributed by atoms with Gasteiger partial charge in [0.15, 0.2) is 0 Å². The van der Waals surface area contributed by atoms with Crippen LogP contribution in [-0.4, -0.2) is 41.7 Å². The van der Waals surface area contributed by atoms with Crippen molar-refractivity contribution in [2.24, 2.45) is 0 Å². The summed E-state index contributed by atoms with van der Waals surface area (Å²) in [6.07, 6.45) is 1.74. The fourth-order valence-corrected chi connectivity index (χ4v) is 4.85. The van der Waals surface area contributed by atoms with Gasteiger partial charge in [0, 0.05) is 12.0 Å². The molecule has 5 N–H and O–H groups in total. The number of rotatable bonds is 9. The highest BCUT2D eigenvalue weighted by atomic mass is 31.2. The number of nitrogens with zero attached hydrogens (tertiary/aromatic N) is 2. The predicted molar refractivity (Wildman–Crippen MR) is 112 cm³/mol. The summed E-state index contributed by atoms with van der Waals surface area (Å²) in [5, 5.41) is 2.08. The topological polar surface area (TPSA) is 175 Å². The van der Waals surface area contributed by atoms with Gasteiger partial charge in [0.05, 0.1) is 18.5 Å². The van der Waals surface area contributed by atoms with Gasteiger partial charge in [-0.15, -0.1) is 0 Å². The molecular formula is C18H21N3O8P2. The zero-order valence-corrected chi connectivity index (χ0v) is 18.1. The van der Waals surface area contributed by atoms with Gasteiger partial charge in [0.1, 0.15) is 17.3 Å². The quantitative estimate of drug-likeness (QED) is 0.291. The van der Waals surface area contributed by atoms with Crippen molar-refractivity contribution in [1.29, 1.82) is 0 Å². The first-order valence-corrected chi connectivity index (χ1v) is 12.4. The Hall–Kier alpha value is -2.52. The largest absolute Gasteiger partial charge is 0.492 e. The summed E-state index contributed by atoms with van der Waals surface area (Å²) in [5.41, 5.74) is -0.765. The van der Waals surface area contributed by atoms with Crippen molar-refractivity contribution in [3.05, 3.63) is 60.1 Å². The lowest BCUT2D eigenvalue weighted by Gasteiger charge is -2.21. The Kier molecular flexibility index (Phi) is 6.96. The Bertz CT molecular complexity index is 1090. The van der Waals surface area contributed by atoms with Crippen LogP contribution in [0.5, 0.6) is 5.75 Å². The molecule has 0 radical (unpaired) electrons. The molecule has 0 amide bonds. The average Bonchev–Trinajstić information content (AvgIpc) is 3.07. The Morgan fingerprint density at radius 3 is 2.32 bits per heavy atom. The molecule has 2 heterocycles. The summed E-state index contributed by atoms with van der Waals surface area (Å²) in [5.74, 6) is 1.44. The van der Waals surface area contributed by atoms with Crippen LogP contribution in [0.2, 0.25) is 0 Å². The van der Waals surface area contributed by atoms with Gasteiger partial charge in [0.25, 0.3) is 0 Å². The molecule has 0 aliphatic rings. The molecule has 0 aliphatic carbocycles. The predicted octanol–water partition coefficient (Wildman–Crippen LogP) is 2.72. The highest BCUT2D eigenvalue weighted by Crippen LogP contribution is 2.59. The smallest absolute Gasteiger partial charge is 0.360 e. The zero-order chi connectivity index (χ0) is 22.6. The molecule has 0 unspecified atom stereocenters. The molecule has 0 atom stereocenters. The molecule has 1 aromatic carbocycles. The third-order valence-corrected chi connectivity index (χ3v) is 7.51. The number of anilines is 1. The molecule has 0 saturated heterocycles. The van der Waals surface area contributed by atoms with E-state index in [0.29, 0.717) is 23.8 Å². The molecule has 0 saturated carbocycles. The SMILES string of the molecule is Cc1oc(-c2ccccc2)nc1CCOc1ccc(NC(P(=O)(O)O)P(=O)(O)O)nc1. The molecule has 0 aliphatic heterocycles. The molecule has 31 heavy (non-hydrogen) atoms. The lowest BCUT2D eigenvalue weighted by atomic mass is 10.2. The van der Waals surface area contributed by atoms with E-state index in [4.69, 9.17) is 28.7 Å². The maximum absolute atomic E-state index is 11.3. The standard InChI is InChI=1S/C18H21N3O8P2/c1-12-15(20-17(29-12)13-5-3-2-4-6-13)9-10-28-14-7-8-16(19-11-14)21-18(30(22,23)24)31(25,26)27/h2-8,11,18H,9-10H2,1H3,(H,19,21)(H2,22,23,24)(H2,25,26,27). The Morgan fingerprint density at radius 2 is 1.74 bits per heavy atom. The van der Waals surface area contributed by atoms with Crippen molar-refractivity contribution >= 4 is 21.0 Å². The van der Waals surface area contributed by atoms with E-state index in [2.05, 4.69) is 15.3 Å². The third-order valence-electron chi connectivity index (χ3n) is 4.17. The Labute approximate surface area is 177 Å². The van der Waals surface area contributed by atoms with Crippen molar-refractivity contribution in [2.75, 3.05) is 11.9 Å². The summed E-state index contributed by atoms with van der Waals surface area (Å²) >= 11 is 0. The summed E-state index contributed by atoms with van der Waals surface area (Å²) in [4.78, 5) is 44.9. The molecule has 13 heteroatoms. The number of nitrogens with one attached hydrogen (secondary N) is 1. The van der Waals surface area contributed by atoms with Crippen molar-refractivity contribution in [3.8, 4) is 17.2 Å². The monoisotopic (exact) mass is 469 g/mol. The number of ether oxygens (including phenoxy) is 1. The molecule has 0 fully saturated rings. The van der Waals surface area contributed by atoms with Crippen molar-refractivity contribution < 1.29 is 37.9 Å². The van der Waals surface area contributed by atoms with Crippen LogP contribution in [0.1, 0.15) is 11.5 Å². The number of aryl methyl sites for hydroxylation is 1. The molecule has 0 bridgehead atoms. The third kappa shape index (κ3) is 6.24. The van der Waals surface area contributed by atoms with Crippen molar-refractivity contribution in [2.45, 2.75) is 18.9 Å². The van der Waals surface area contributed by atoms with Gasteiger partial charge in [-0.3, -0.25) is 9.13 Å². The Morgan fingerprint density at radius 1 is 1.06 bits per heavy atom. The van der Waals surface area contributed by atoms with E-state index >= 15 is 0 Å². The van der Waals surface area contributed by atoms with E-state index in [1.54, 1.807) is 0 Å². The van der Waals surface area contributed by atoms with Crippen molar-refractivity contribution in [3.63, 3.8) is 0 Å². The van der Waals surface area contributed by atoms with Gasteiger partial charge in [-0.25, -0.2) is 9.97 Å². The van der Waals surface area contributed by atoms with Crippen LogP contribution < -0.4 is 10.1 Å². The molecule has 0 spiro atoms. The minimum absolute atomic E-state index is 0.121. The summed E-state index contributed by atoms with van der Waals surface area (Å²) in [7, 11) is -10.2. The Balaban J connectivity index is 1.58. The highest BCUT2D eigenvalue weighted by molar-refractivity contribution is 7.71. The second-order valence-corrected chi connectivity index (χ2v) is 10.4. The summed E-state index contributed by atoms with van der Waals surface area (Å²) < 4.78 is 33.9. The first kappa shape index (κ1) is 23.1. The van der Waals surface area contributed by atoms with E-state index < -0.39 is 20.7 Å². The minimum Gasteiger partial charge on any atom is -0.492 e. The fraction of sp³-hybridized carbons (Fsp3) is 0.222. The number of hydrogen-bond acceptors (Lipinski definition) is 7. The highest BCUT2D eigenvalue weighted by Gasteiger charge is 2.43. The van der Waals surface area contributed by atoms with Crippen molar-refractivity contribution in [1.82, 2.24) is 9.97 Å². The molecular weight excluding hydrogens is 448 g/mol. The summed E-state index contributed by atoms with van der Waals surface area (Å²) in [6, 6.07) is 12.2. The van der Waals surface area contributed by atoms with E-state index in [1.165, 1.54) is 18.3 Å². The maximum Gasteiger partial charge on any atom is 0.360 e. The van der Waals surface area contributed by atoms with Crippen LogP contribution in [0.25, 0.3) is 11.5 Å². The lowest BCUT2D eigenvalue weighted by molar-refractivity contribution is 0.318. The van der Waals surface area contributed by atoms with Crippen LogP contribution in [0.4, 0.5) is 5.82 Å². The van der Waals surface area contributed by atoms with Gasteiger partial charge >= 0.3 is 15.2 Å². The number of pyridine rings is 1. The minimum atomic E-state index is -5.11. The first-order chi connectivity index (χ1) is 14.5. The van der Waals surface area contributed by atoms with Crippen LogP contribution in [0.3, 0.4) is 0 Å². The molecule has 2 aromatic heterocycles. The second-order valence-electron chi connectivity index (χ2n) is 6.56. The number of aromatic nitrogens is 2. The number of benzene rings is 1. The van der Waals surface area contributed by atoms with E-state index in [0.717, 1.165) is 11.3 Å². The summed E-state index contributed by atoms with van der Waals surface area (Å²) in [6.45, 7) is 2.08.